The van der Waals surface area contributed by atoms with Gasteiger partial charge in [-0.1, -0.05) is 36.4 Å². The van der Waals surface area contributed by atoms with Crippen molar-refractivity contribution in [1.82, 2.24) is 5.32 Å². The van der Waals surface area contributed by atoms with Crippen LogP contribution >= 0.6 is 22.6 Å². The molecule has 0 aliphatic heterocycles. The maximum absolute atomic E-state index is 10.9. The lowest BCUT2D eigenvalue weighted by molar-refractivity contribution is -0.121. The molecule has 2 nitrogen and oxygen atoms in total. The first-order chi connectivity index (χ1) is 4.66. The van der Waals surface area contributed by atoms with E-state index in [0.717, 1.165) is 11.0 Å². The Morgan fingerprint density at radius 1 is 1.60 bits per heavy atom. The molecule has 0 radical (unpaired) electrons. The average molecular weight is 255 g/mol. The van der Waals surface area contributed by atoms with E-state index in [4.69, 9.17) is 0 Å². The van der Waals surface area contributed by atoms with Crippen LogP contribution in [-0.4, -0.2) is 16.9 Å². The standard InChI is InChI=1S/C7H14INO/c1-6(2)5-7(10)9-4-3-8/h6H,3-5H2,1-2H3,(H,9,10). The summed E-state index contributed by atoms with van der Waals surface area (Å²) >= 11 is 2.24. The van der Waals surface area contributed by atoms with Crippen molar-refractivity contribution in [3.05, 3.63) is 0 Å². The van der Waals surface area contributed by atoms with Crippen LogP contribution in [0, 0.1) is 5.92 Å². The summed E-state index contributed by atoms with van der Waals surface area (Å²) in [5.41, 5.74) is 0. The summed E-state index contributed by atoms with van der Waals surface area (Å²) in [6.45, 7) is 4.89. The topological polar surface area (TPSA) is 29.1 Å². The number of carbonyl (C=O) groups excluding carboxylic acids is 1. The van der Waals surface area contributed by atoms with Crippen LogP contribution < -0.4 is 5.32 Å². The van der Waals surface area contributed by atoms with Crippen LogP contribution in [0.3, 0.4) is 0 Å². The molecule has 0 heterocycles. The molecule has 0 spiro atoms. The normalized spacial score (nSPS) is 10.0. The van der Waals surface area contributed by atoms with Gasteiger partial charge in [-0.15, -0.1) is 0 Å². The monoisotopic (exact) mass is 255 g/mol. The van der Waals surface area contributed by atoms with E-state index in [2.05, 4.69) is 27.9 Å². The molecular weight excluding hydrogens is 241 g/mol. The molecule has 0 bridgehead atoms. The fraction of sp³-hybridized carbons (Fsp3) is 0.857. The van der Waals surface area contributed by atoms with E-state index in [1.54, 1.807) is 0 Å². The van der Waals surface area contributed by atoms with Gasteiger partial charge in [0.05, 0.1) is 0 Å². The van der Waals surface area contributed by atoms with Crippen LogP contribution in [0.4, 0.5) is 0 Å². The predicted octanol–water partition coefficient (Wildman–Crippen LogP) is 1.58. The zero-order valence-electron chi connectivity index (χ0n) is 6.48. The summed E-state index contributed by atoms with van der Waals surface area (Å²) in [6, 6.07) is 0. The van der Waals surface area contributed by atoms with Gasteiger partial charge in [0.2, 0.25) is 5.91 Å². The molecule has 0 aromatic carbocycles. The van der Waals surface area contributed by atoms with Crippen LogP contribution in [0.15, 0.2) is 0 Å². The van der Waals surface area contributed by atoms with E-state index < -0.39 is 0 Å². The number of alkyl halides is 1. The van der Waals surface area contributed by atoms with Crippen molar-refractivity contribution in [2.24, 2.45) is 5.92 Å². The second-order valence-corrected chi connectivity index (χ2v) is 3.72. The maximum Gasteiger partial charge on any atom is 0.220 e. The SMILES string of the molecule is CC(C)CC(=O)NCCI. The lowest BCUT2D eigenvalue weighted by Crippen LogP contribution is -2.26. The summed E-state index contributed by atoms with van der Waals surface area (Å²) in [6.07, 6.45) is 0.649. The van der Waals surface area contributed by atoms with Gasteiger partial charge >= 0.3 is 0 Å². The Balaban J connectivity index is 3.26. The minimum atomic E-state index is 0.173. The van der Waals surface area contributed by atoms with Gasteiger partial charge in [-0.05, 0) is 5.92 Å². The summed E-state index contributed by atoms with van der Waals surface area (Å²) in [5.74, 6) is 0.640. The van der Waals surface area contributed by atoms with Crippen molar-refractivity contribution in [3.8, 4) is 0 Å². The molecule has 0 unspecified atom stereocenters. The largest absolute Gasteiger partial charge is 0.355 e. The Morgan fingerprint density at radius 3 is 2.60 bits per heavy atom. The van der Waals surface area contributed by atoms with Crippen LogP contribution in [0.25, 0.3) is 0 Å². The quantitative estimate of drug-likeness (QED) is 0.599. The lowest BCUT2D eigenvalue weighted by Gasteiger charge is -2.04. The molecule has 3 heteroatoms. The Bertz CT molecular complexity index is 104. The van der Waals surface area contributed by atoms with Crippen LogP contribution in [0.5, 0.6) is 0 Å². The summed E-state index contributed by atoms with van der Waals surface area (Å²) in [5, 5.41) is 2.82. The average Bonchev–Trinajstić information content (AvgIpc) is 1.82. The molecule has 0 aromatic rings. The Hall–Kier alpha value is 0.200. The molecule has 1 amide bonds. The Labute approximate surface area is 75.9 Å². The highest BCUT2D eigenvalue weighted by Gasteiger charge is 2.01. The van der Waals surface area contributed by atoms with Crippen molar-refractivity contribution in [1.29, 1.82) is 0 Å². The predicted molar refractivity (Wildman–Crippen MR) is 51.4 cm³/mol. The lowest BCUT2D eigenvalue weighted by atomic mass is 10.1. The Kier molecular flexibility index (Phi) is 6.06. The van der Waals surface area contributed by atoms with Crippen LogP contribution in [0.2, 0.25) is 0 Å². The molecule has 0 fully saturated rings. The second-order valence-electron chi connectivity index (χ2n) is 2.64. The highest BCUT2D eigenvalue weighted by atomic mass is 127. The number of rotatable bonds is 4. The second kappa shape index (κ2) is 5.95. The number of carbonyl (C=O) groups is 1. The number of hydrogen-bond donors (Lipinski definition) is 1. The summed E-state index contributed by atoms with van der Waals surface area (Å²) < 4.78 is 0.988. The van der Waals surface area contributed by atoms with Gasteiger partial charge < -0.3 is 5.32 Å². The third-order valence-electron chi connectivity index (χ3n) is 1.01. The van der Waals surface area contributed by atoms with E-state index in [9.17, 15) is 4.79 Å². The van der Waals surface area contributed by atoms with Crippen LogP contribution in [-0.2, 0) is 4.79 Å². The highest BCUT2D eigenvalue weighted by molar-refractivity contribution is 14.1. The zero-order chi connectivity index (χ0) is 7.98. The van der Waals surface area contributed by atoms with E-state index in [1.807, 2.05) is 13.8 Å². The fourth-order valence-electron chi connectivity index (χ4n) is 0.630. The molecule has 0 saturated carbocycles. The molecule has 60 valence electrons. The van der Waals surface area contributed by atoms with Gasteiger partial charge in [0.25, 0.3) is 0 Å². The van der Waals surface area contributed by atoms with E-state index in [0.29, 0.717) is 12.3 Å². The molecule has 0 aromatic heterocycles. The third kappa shape index (κ3) is 6.32. The van der Waals surface area contributed by atoms with Crippen molar-refractivity contribution in [2.45, 2.75) is 20.3 Å². The molecule has 1 N–H and O–H groups in total. The molecule has 0 rings (SSSR count). The maximum atomic E-state index is 10.9. The highest BCUT2D eigenvalue weighted by Crippen LogP contribution is 1.97. The van der Waals surface area contributed by atoms with Crippen molar-refractivity contribution in [2.75, 3.05) is 11.0 Å². The van der Waals surface area contributed by atoms with E-state index in [1.165, 1.54) is 0 Å². The number of nitrogens with one attached hydrogen (secondary N) is 1. The van der Waals surface area contributed by atoms with Gasteiger partial charge in [-0.2, -0.15) is 0 Å². The van der Waals surface area contributed by atoms with Gasteiger partial charge in [0, 0.05) is 17.4 Å². The van der Waals surface area contributed by atoms with E-state index >= 15 is 0 Å². The summed E-state index contributed by atoms with van der Waals surface area (Å²) in [4.78, 5) is 10.9. The smallest absolute Gasteiger partial charge is 0.220 e. The van der Waals surface area contributed by atoms with Gasteiger partial charge in [-0.25, -0.2) is 0 Å². The first-order valence-electron chi connectivity index (χ1n) is 3.49. The van der Waals surface area contributed by atoms with Gasteiger partial charge in [-0.3, -0.25) is 4.79 Å². The first kappa shape index (κ1) is 10.2. The molecule has 0 saturated heterocycles. The van der Waals surface area contributed by atoms with Crippen molar-refractivity contribution in [3.63, 3.8) is 0 Å². The molecule has 0 aliphatic rings. The molecular formula is C7H14INO. The fourth-order valence-corrected chi connectivity index (χ4v) is 0.899. The van der Waals surface area contributed by atoms with Gasteiger partial charge in [0.15, 0.2) is 0 Å². The summed E-state index contributed by atoms with van der Waals surface area (Å²) in [7, 11) is 0. The number of hydrogen-bond acceptors (Lipinski definition) is 1. The van der Waals surface area contributed by atoms with Crippen molar-refractivity contribution < 1.29 is 4.79 Å². The molecule has 10 heavy (non-hydrogen) atoms. The number of amides is 1. The number of halogens is 1. The molecule has 0 aliphatic carbocycles. The minimum Gasteiger partial charge on any atom is -0.355 e. The molecule has 0 atom stereocenters. The first-order valence-corrected chi connectivity index (χ1v) is 5.02. The minimum absolute atomic E-state index is 0.173. The zero-order valence-corrected chi connectivity index (χ0v) is 8.64. The third-order valence-corrected chi connectivity index (χ3v) is 1.55. The van der Waals surface area contributed by atoms with E-state index in [-0.39, 0.29) is 5.91 Å². The van der Waals surface area contributed by atoms with Gasteiger partial charge in [0.1, 0.15) is 0 Å². The van der Waals surface area contributed by atoms with Crippen LogP contribution in [0.1, 0.15) is 20.3 Å². The van der Waals surface area contributed by atoms with Crippen molar-refractivity contribution >= 4 is 28.5 Å². The Morgan fingerprint density at radius 2 is 2.20 bits per heavy atom.